The first-order valence-corrected chi connectivity index (χ1v) is 11.1. The first-order valence-electron chi connectivity index (χ1n) is 11.1. The van der Waals surface area contributed by atoms with Crippen LogP contribution in [-0.4, -0.2) is 29.3 Å². The van der Waals surface area contributed by atoms with Gasteiger partial charge in [-0.15, -0.1) is 0 Å². The highest BCUT2D eigenvalue weighted by molar-refractivity contribution is 6.47. The van der Waals surface area contributed by atoms with Gasteiger partial charge in [-0.25, -0.2) is 0 Å². The van der Waals surface area contributed by atoms with Crippen LogP contribution in [0.5, 0.6) is 0 Å². The first-order chi connectivity index (χ1) is 15.7. The standard InChI is InChI=1S/C27H25N3O2/c1-2-3-18-29-26-23(25(31)27(29)32)24(19-12-6-4-7-13-19)28-21-16-10-11-17-22(21)30(26)20-14-8-5-9-15-20/h4-17,26,28H,2-3,18H2,1H3. The Kier molecular flexibility index (Phi) is 5.23. The minimum Gasteiger partial charge on any atom is -0.353 e. The van der Waals surface area contributed by atoms with Crippen molar-refractivity contribution in [1.29, 1.82) is 0 Å². The van der Waals surface area contributed by atoms with E-state index in [0.29, 0.717) is 17.8 Å². The average molecular weight is 424 g/mol. The van der Waals surface area contributed by atoms with E-state index >= 15 is 0 Å². The van der Waals surface area contributed by atoms with E-state index in [1.807, 2.05) is 84.9 Å². The van der Waals surface area contributed by atoms with Crippen LogP contribution in [0.4, 0.5) is 17.1 Å². The molecule has 3 aromatic rings. The largest absolute Gasteiger partial charge is 0.353 e. The fourth-order valence-electron chi connectivity index (χ4n) is 4.52. The van der Waals surface area contributed by atoms with Crippen LogP contribution in [0.2, 0.25) is 0 Å². The van der Waals surface area contributed by atoms with Crippen LogP contribution < -0.4 is 10.2 Å². The van der Waals surface area contributed by atoms with Crippen LogP contribution in [0.3, 0.4) is 0 Å². The Morgan fingerprint density at radius 1 is 0.844 bits per heavy atom. The van der Waals surface area contributed by atoms with Crippen LogP contribution in [0.1, 0.15) is 25.3 Å². The van der Waals surface area contributed by atoms with Crippen LogP contribution in [0, 0.1) is 0 Å². The molecule has 0 aliphatic carbocycles. The summed E-state index contributed by atoms with van der Waals surface area (Å²) >= 11 is 0. The van der Waals surface area contributed by atoms with E-state index in [9.17, 15) is 9.59 Å². The number of unbranched alkanes of at least 4 members (excludes halogenated alkanes) is 1. The topological polar surface area (TPSA) is 52.7 Å². The number of rotatable bonds is 5. The molecule has 2 aliphatic rings. The maximum Gasteiger partial charge on any atom is 0.296 e. The van der Waals surface area contributed by atoms with Gasteiger partial charge in [0.05, 0.1) is 22.6 Å². The summed E-state index contributed by atoms with van der Waals surface area (Å²) < 4.78 is 0. The summed E-state index contributed by atoms with van der Waals surface area (Å²) in [5.74, 6) is -0.875. The number of likely N-dealkylation sites (tertiary alicyclic amines) is 1. The van der Waals surface area contributed by atoms with Gasteiger partial charge in [0.25, 0.3) is 11.7 Å². The van der Waals surface area contributed by atoms with Gasteiger partial charge < -0.3 is 15.1 Å². The minimum atomic E-state index is -0.518. The number of benzene rings is 3. The second kappa shape index (κ2) is 8.35. The number of ketones is 1. The molecule has 2 heterocycles. The maximum absolute atomic E-state index is 13.5. The van der Waals surface area contributed by atoms with E-state index in [4.69, 9.17) is 0 Å². The number of nitrogens with zero attached hydrogens (tertiary/aromatic N) is 2. The highest BCUT2D eigenvalue weighted by atomic mass is 16.2. The predicted octanol–water partition coefficient (Wildman–Crippen LogP) is 5.20. The Labute approximate surface area is 188 Å². The quantitative estimate of drug-likeness (QED) is 0.573. The Morgan fingerprint density at radius 2 is 1.50 bits per heavy atom. The zero-order valence-electron chi connectivity index (χ0n) is 18.0. The molecule has 1 amide bonds. The summed E-state index contributed by atoms with van der Waals surface area (Å²) in [5.41, 5.74) is 4.83. The molecule has 5 nitrogen and oxygen atoms in total. The molecule has 0 saturated carbocycles. The van der Waals surface area contributed by atoms with Gasteiger partial charge in [0.1, 0.15) is 6.17 Å². The van der Waals surface area contributed by atoms with Crippen molar-refractivity contribution in [2.75, 3.05) is 16.8 Å². The summed E-state index contributed by atoms with van der Waals surface area (Å²) in [6.07, 6.45) is 1.26. The summed E-state index contributed by atoms with van der Waals surface area (Å²) in [6.45, 7) is 2.62. The number of para-hydroxylation sites is 3. The van der Waals surface area contributed by atoms with Crippen molar-refractivity contribution in [3.63, 3.8) is 0 Å². The molecule has 0 spiro atoms. The van der Waals surface area contributed by atoms with E-state index in [0.717, 1.165) is 35.5 Å². The lowest BCUT2D eigenvalue weighted by Gasteiger charge is -2.36. The lowest BCUT2D eigenvalue weighted by Crippen LogP contribution is -2.45. The van der Waals surface area contributed by atoms with E-state index in [1.54, 1.807) is 4.90 Å². The van der Waals surface area contributed by atoms with Gasteiger partial charge in [0.15, 0.2) is 0 Å². The van der Waals surface area contributed by atoms with Gasteiger partial charge in [-0.05, 0) is 36.2 Å². The molecular formula is C27H25N3O2. The molecule has 1 unspecified atom stereocenters. The van der Waals surface area contributed by atoms with E-state index in [1.165, 1.54) is 0 Å². The van der Waals surface area contributed by atoms with Crippen molar-refractivity contribution in [1.82, 2.24) is 4.90 Å². The number of fused-ring (bicyclic) bond motifs is 2. The van der Waals surface area contributed by atoms with Crippen molar-refractivity contribution in [3.05, 3.63) is 96.1 Å². The van der Waals surface area contributed by atoms with Gasteiger partial charge in [0.2, 0.25) is 0 Å². The Morgan fingerprint density at radius 3 is 2.22 bits per heavy atom. The Balaban J connectivity index is 1.81. The molecule has 1 saturated heterocycles. The van der Waals surface area contributed by atoms with Gasteiger partial charge in [-0.2, -0.15) is 0 Å². The summed E-state index contributed by atoms with van der Waals surface area (Å²) in [4.78, 5) is 30.6. The van der Waals surface area contributed by atoms with Crippen LogP contribution in [-0.2, 0) is 9.59 Å². The van der Waals surface area contributed by atoms with Crippen molar-refractivity contribution in [3.8, 4) is 0 Å². The number of carbonyl (C=O) groups is 2. The number of amides is 1. The summed E-state index contributed by atoms with van der Waals surface area (Å²) in [7, 11) is 0. The fourth-order valence-corrected chi connectivity index (χ4v) is 4.52. The van der Waals surface area contributed by atoms with Crippen molar-refractivity contribution >= 4 is 34.4 Å². The molecular weight excluding hydrogens is 398 g/mol. The van der Waals surface area contributed by atoms with Crippen LogP contribution >= 0.6 is 0 Å². The lowest BCUT2D eigenvalue weighted by molar-refractivity contribution is -0.139. The number of Topliss-reactive ketones (excluding diaryl/α,β-unsaturated/α-hetero) is 1. The van der Waals surface area contributed by atoms with Crippen LogP contribution in [0.15, 0.2) is 90.5 Å². The molecule has 2 aliphatic heterocycles. The summed E-state index contributed by atoms with van der Waals surface area (Å²) in [5, 5.41) is 3.51. The minimum absolute atomic E-state index is 0.436. The lowest BCUT2D eigenvalue weighted by atomic mass is 10.0. The normalized spacial score (nSPS) is 17.7. The molecule has 0 bridgehead atoms. The number of nitrogens with one attached hydrogen (secondary N) is 1. The first kappa shape index (κ1) is 20.1. The van der Waals surface area contributed by atoms with Crippen molar-refractivity contribution < 1.29 is 9.59 Å². The second-order valence-electron chi connectivity index (χ2n) is 8.06. The van der Waals surface area contributed by atoms with E-state index in [2.05, 4.69) is 17.1 Å². The highest BCUT2D eigenvalue weighted by Gasteiger charge is 2.49. The highest BCUT2D eigenvalue weighted by Crippen LogP contribution is 2.45. The van der Waals surface area contributed by atoms with Gasteiger partial charge in [-0.1, -0.05) is 74.0 Å². The third-order valence-electron chi connectivity index (χ3n) is 6.04. The molecule has 1 fully saturated rings. The van der Waals surface area contributed by atoms with E-state index < -0.39 is 17.9 Å². The zero-order chi connectivity index (χ0) is 22.1. The molecule has 32 heavy (non-hydrogen) atoms. The van der Waals surface area contributed by atoms with E-state index in [-0.39, 0.29) is 0 Å². The van der Waals surface area contributed by atoms with Crippen molar-refractivity contribution in [2.45, 2.75) is 25.9 Å². The molecule has 160 valence electrons. The van der Waals surface area contributed by atoms with Crippen molar-refractivity contribution in [2.24, 2.45) is 0 Å². The summed E-state index contributed by atoms with van der Waals surface area (Å²) in [6, 6.07) is 27.8. The third-order valence-corrected chi connectivity index (χ3v) is 6.04. The van der Waals surface area contributed by atoms with Gasteiger partial charge in [-0.3, -0.25) is 9.59 Å². The van der Waals surface area contributed by atoms with Gasteiger partial charge in [0, 0.05) is 12.2 Å². The Hall–Kier alpha value is -3.86. The molecule has 5 heteroatoms. The monoisotopic (exact) mass is 423 g/mol. The molecule has 3 aromatic carbocycles. The molecule has 1 atom stereocenters. The number of carbonyl (C=O) groups excluding carboxylic acids is 2. The Bertz CT molecular complexity index is 1190. The molecule has 5 rings (SSSR count). The van der Waals surface area contributed by atoms with Crippen LogP contribution in [0.25, 0.3) is 5.70 Å². The third kappa shape index (κ3) is 3.26. The molecule has 1 N–H and O–H groups in total. The smallest absolute Gasteiger partial charge is 0.296 e. The molecule has 0 aromatic heterocycles. The average Bonchev–Trinajstić information content (AvgIpc) is 2.99. The SMILES string of the molecule is CCCCN1C(=O)C(=O)C2=C(c3ccccc3)Nc3ccccc3N(c3ccccc3)C21. The fraction of sp³-hybridized carbons (Fsp3) is 0.185. The maximum atomic E-state index is 13.5. The number of hydrogen-bond donors (Lipinski definition) is 1. The number of anilines is 3. The molecule has 0 radical (unpaired) electrons. The zero-order valence-corrected chi connectivity index (χ0v) is 18.0. The second-order valence-corrected chi connectivity index (χ2v) is 8.06. The number of hydrogen-bond acceptors (Lipinski definition) is 4. The van der Waals surface area contributed by atoms with Gasteiger partial charge >= 0.3 is 0 Å². The predicted molar refractivity (Wildman–Crippen MR) is 127 cm³/mol.